The number of hydrogen-bond donors (Lipinski definition) is 0. The second-order valence-electron chi connectivity index (χ2n) is 13.8. The van der Waals surface area contributed by atoms with Crippen molar-refractivity contribution in [2.45, 2.75) is 104 Å². The third-order valence-corrected chi connectivity index (χ3v) is 13.5. The molecule has 1 aliphatic heterocycles. The van der Waals surface area contributed by atoms with Crippen molar-refractivity contribution in [1.82, 2.24) is 14.8 Å². The Morgan fingerprint density at radius 3 is 2.64 bits per heavy atom. The number of thiazole rings is 1. The summed E-state index contributed by atoms with van der Waals surface area (Å²) in [4.78, 5) is 23.8. The van der Waals surface area contributed by atoms with Crippen molar-refractivity contribution >= 4 is 17.2 Å². The van der Waals surface area contributed by atoms with Crippen LogP contribution in [0.5, 0.6) is 0 Å². The van der Waals surface area contributed by atoms with Crippen LogP contribution < -0.4 is 0 Å². The minimum atomic E-state index is 0.177. The Bertz CT molecular complexity index is 1080. The standard InChI is InChI=1S/C31H47N3OS/c1-18(2)28-32-19(3)27(36-28)29(35)34(7)22-12-14-30(5)21(16-22)8-9-23-25(30)13-15-31-17-33(6)20(4)24(31)10-11-26(23)31/h8,18,20,22-26H,9-17H2,1-7H3/t20-,22-,23+,24+,25?,26-,30-,31-/m0/s1. The van der Waals surface area contributed by atoms with Gasteiger partial charge in [-0.2, -0.15) is 0 Å². The van der Waals surface area contributed by atoms with E-state index in [1.807, 2.05) is 14.0 Å². The van der Waals surface area contributed by atoms with Gasteiger partial charge in [0.2, 0.25) is 0 Å². The minimum absolute atomic E-state index is 0.177. The van der Waals surface area contributed by atoms with E-state index in [2.05, 4.69) is 50.6 Å². The summed E-state index contributed by atoms with van der Waals surface area (Å²) in [5, 5.41) is 1.08. The predicted octanol–water partition coefficient (Wildman–Crippen LogP) is 6.91. The van der Waals surface area contributed by atoms with E-state index in [1.54, 1.807) is 16.9 Å². The average molecular weight is 510 g/mol. The van der Waals surface area contributed by atoms with E-state index in [4.69, 9.17) is 4.98 Å². The largest absolute Gasteiger partial charge is 0.338 e. The predicted molar refractivity (Wildman–Crippen MR) is 148 cm³/mol. The van der Waals surface area contributed by atoms with Crippen LogP contribution in [0.4, 0.5) is 0 Å². The SMILES string of the molecule is Cc1nc(C(C)C)sc1C(=O)N(C)[C@H]1CC[C@@]2(C)C(=CC[C@@H]3C2CC[C@]24CN(C)[C@@H](C)[C@H]2CC[C@@H]34)C1. The van der Waals surface area contributed by atoms with Crippen molar-refractivity contribution < 1.29 is 4.79 Å². The third-order valence-electron chi connectivity index (χ3n) is 12.1. The fraction of sp³-hybridized carbons (Fsp3) is 0.806. The molecule has 1 saturated heterocycles. The van der Waals surface area contributed by atoms with Gasteiger partial charge in [0.05, 0.1) is 10.7 Å². The number of carbonyl (C=O) groups is 1. The van der Waals surface area contributed by atoms with Crippen molar-refractivity contribution in [2.75, 3.05) is 20.6 Å². The highest BCUT2D eigenvalue weighted by Crippen LogP contribution is 2.68. The molecule has 3 saturated carbocycles. The van der Waals surface area contributed by atoms with Gasteiger partial charge in [0.15, 0.2) is 0 Å². The number of nitrogens with zero attached hydrogens (tertiary/aromatic N) is 3. The van der Waals surface area contributed by atoms with Crippen LogP contribution in [-0.2, 0) is 0 Å². The maximum atomic E-state index is 13.5. The van der Waals surface area contributed by atoms with Crippen LogP contribution in [0, 0.1) is 41.4 Å². The molecule has 1 aromatic rings. The normalized spacial score (nSPS) is 41.9. The molecule has 4 fully saturated rings. The molecule has 1 spiro atoms. The molecule has 6 rings (SSSR count). The molecular formula is C31H47N3OS. The molecule has 5 aliphatic rings. The number of allylic oxidation sites excluding steroid dienone is 1. The van der Waals surface area contributed by atoms with Gasteiger partial charge < -0.3 is 9.80 Å². The monoisotopic (exact) mass is 509 g/mol. The molecule has 0 N–H and O–H groups in total. The molecule has 4 aliphatic carbocycles. The first-order valence-electron chi connectivity index (χ1n) is 14.7. The summed E-state index contributed by atoms with van der Waals surface area (Å²) in [6, 6.07) is 1.08. The summed E-state index contributed by atoms with van der Waals surface area (Å²) in [7, 11) is 4.41. The summed E-state index contributed by atoms with van der Waals surface area (Å²) in [5.74, 6) is 4.11. The van der Waals surface area contributed by atoms with Gasteiger partial charge in [-0.3, -0.25) is 4.79 Å². The van der Waals surface area contributed by atoms with Crippen molar-refractivity contribution in [3.63, 3.8) is 0 Å². The summed E-state index contributed by atoms with van der Waals surface area (Å²) in [6.45, 7) is 12.7. The smallest absolute Gasteiger partial charge is 0.265 e. The van der Waals surface area contributed by atoms with Crippen LogP contribution in [-0.4, -0.2) is 53.4 Å². The van der Waals surface area contributed by atoms with Gasteiger partial charge in [-0.15, -0.1) is 11.3 Å². The Balaban J connectivity index is 1.21. The van der Waals surface area contributed by atoms with Gasteiger partial charge in [-0.1, -0.05) is 32.4 Å². The lowest BCUT2D eigenvalue weighted by molar-refractivity contribution is -0.0430. The highest BCUT2D eigenvalue weighted by molar-refractivity contribution is 7.13. The zero-order valence-electron chi connectivity index (χ0n) is 23.6. The number of likely N-dealkylation sites (tertiary alicyclic amines) is 1. The van der Waals surface area contributed by atoms with Crippen LogP contribution in [0.25, 0.3) is 0 Å². The van der Waals surface area contributed by atoms with Crippen LogP contribution in [0.1, 0.15) is 105 Å². The van der Waals surface area contributed by atoms with E-state index >= 15 is 0 Å². The fourth-order valence-corrected chi connectivity index (χ4v) is 11.0. The van der Waals surface area contributed by atoms with Gasteiger partial charge in [-0.25, -0.2) is 4.98 Å². The van der Waals surface area contributed by atoms with Crippen molar-refractivity contribution in [3.8, 4) is 0 Å². The number of aryl methyl sites for hydroxylation is 1. The van der Waals surface area contributed by atoms with Gasteiger partial charge in [-0.05, 0) is 107 Å². The van der Waals surface area contributed by atoms with Gasteiger partial charge in [0, 0.05) is 31.6 Å². The van der Waals surface area contributed by atoms with Crippen molar-refractivity contribution in [3.05, 3.63) is 27.2 Å². The van der Waals surface area contributed by atoms with Gasteiger partial charge in [0.1, 0.15) is 4.88 Å². The molecule has 0 radical (unpaired) electrons. The highest BCUT2D eigenvalue weighted by atomic mass is 32.1. The van der Waals surface area contributed by atoms with E-state index in [9.17, 15) is 4.79 Å². The molecule has 1 aromatic heterocycles. The summed E-state index contributed by atoms with van der Waals surface area (Å²) < 4.78 is 0. The summed E-state index contributed by atoms with van der Waals surface area (Å²) in [5.41, 5.74) is 3.51. The van der Waals surface area contributed by atoms with E-state index in [1.165, 1.54) is 45.1 Å². The molecule has 1 unspecified atom stereocenters. The zero-order chi connectivity index (χ0) is 25.6. The Morgan fingerprint density at radius 2 is 1.92 bits per heavy atom. The molecule has 1 amide bonds. The molecule has 0 aromatic carbocycles. The molecule has 0 bridgehead atoms. The quantitative estimate of drug-likeness (QED) is 0.416. The number of hydrogen-bond acceptors (Lipinski definition) is 4. The van der Waals surface area contributed by atoms with Crippen molar-refractivity contribution in [2.24, 2.45) is 34.5 Å². The van der Waals surface area contributed by atoms with Crippen LogP contribution in [0.3, 0.4) is 0 Å². The van der Waals surface area contributed by atoms with E-state index in [0.717, 1.165) is 58.1 Å². The Kier molecular flexibility index (Phi) is 6.04. The van der Waals surface area contributed by atoms with Crippen LogP contribution in [0.2, 0.25) is 0 Å². The topological polar surface area (TPSA) is 36.4 Å². The third kappa shape index (κ3) is 3.47. The van der Waals surface area contributed by atoms with E-state index < -0.39 is 0 Å². The molecule has 5 heteroatoms. The van der Waals surface area contributed by atoms with Crippen molar-refractivity contribution in [1.29, 1.82) is 0 Å². The van der Waals surface area contributed by atoms with Crippen LogP contribution >= 0.6 is 11.3 Å². The van der Waals surface area contributed by atoms with Gasteiger partial charge >= 0.3 is 0 Å². The Morgan fingerprint density at radius 1 is 1.17 bits per heavy atom. The molecule has 2 heterocycles. The van der Waals surface area contributed by atoms with Crippen LogP contribution in [0.15, 0.2) is 11.6 Å². The molecule has 4 nitrogen and oxygen atoms in total. The number of aromatic nitrogens is 1. The summed E-state index contributed by atoms with van der Waals surface area (Å²) >= 11 is 1.60. The first-order chi connectivity index (χ1) is 17.1. The number of rotatable bonds is 3. The maximum Gasteiger partial charge on any atom is 0.265 e. The Labute approximate surface area is 222 Å². The summed E-state index contributed by atoms with van der Waals surface area (Å²) in [6.07, 6.45) is 13.2. The highest BCUT2D eigenvalue weighted by Gasteiger charge is 2.64. The lowest BCUT2D eigenvalue weighted by atomic mass is 9.47. The fourth-order valence-electron chi connectivity index (χ4n) is 9.96. The van der Waals surface area contributed by atoms with E-state index in [-0.39, 0.29) is 5.91 Å². The lowest BCUT2D eigenvalue weighted by Gasteiger charge is -2.58. The van der Waals surface area contributed by atoms with E-state index in [0.29, 0.717) is 22.8 Å². The molecule has 36 heavy (non-hydrogen) atoms. The minimum Gasteiger partial charge on any atom is -0.338 e. The lowest BCUT2D eigenvalue weighted by Crippen LogP contribution is -2.53. The second kappa shape index (κ2) is 8.66. The zero-order valence-corrected chi connectivity index (χ0v) is 24.5. The number of amides is 1. The second-order valence-corrected chi connectivity index (χ2v) is 14.8. The maximum absolute atomic E-state index is 13.5. The first kappa shape index (κ1) is 25.1. The molecular weight excluding hydrogens is 462 g/mol. The van der Waals surface area contributed by atoms with Gasteiger partial charge in [0.25, 0.3) is 5.91 Å². The molecule has 8 atom stereocenters. The molecule has 198 valence electrons. The average Bonchev–Trinajstić information content (AvgIpc) is 3.49. The number of fused-ring (bicyclic) bond motifs is 4. The number of carbonyl (C=O) groups excluding carboxylic acids is 1. The first-order valence-corrected chi connectivity index (χ1v) is 15.5. The Hall–Kier alpha value is -1.20.